The van der Waals surface area contributed by atoms with E-state index in [4.69, 9.17) is 9.47 Å². The van der Waals surface area contributed by atoms with Crippen molar-refractivity contribution in [2.45, 2.75) is 6.61 Å². The van der Waals surface area contributed by atoms with Gasteiger partial charge >= 0.3 is 0 Å². The Hall–Kier alpha value is -2.20. The van der Waals surface area contributed by atoms with Crippen LogP contribution in [-0.2, 0) is 6.61 Å². The number of ether oxygens (including phenoxy) is 2. The minimum absolute atomic E-state index is 0.291. The van der Waals surface area contributed by atoms with Gasteiger partial charge in [-0.05, 0) is 41.8 Å². The highest BCUT2D eigenvalue weighted by atomic mass is 32.1. The number of fused-ring (bicyclic) bond motifs is 1. The SMILES string of the molecule is COc1cccc(OCc2cc3ccc(O)cc3s2)c1. The number of thiophene rings is 1. The third-order valence-electron chi connectivity index (χ3n) is 2.98. The lowest BCUT2D eigenvalue weighted by Gasteiger charge is -2.06. The van der Waals surface area contributed by atoms with Crippen molar-refractivity contribution in [2.75, 3.05) is 7.11 Å². The highest BCUT2D eigenvalue weighted by Crippen LogP contribution is 2.29. The third-order valence-corrected chi connectivity index (χ3v) is 4.05. The molecule has 0 spiro atoms. The predicted octanol–water partition coefficient (Wildman–Crippen LogP) is 4.19. The number of aromatic hydroxyl groups is 1. The molecule has 2 aromatic carbocycles. The molecule has 0 saturated heterocycles. The lowest BCUT2D eigenvalue weighted by molar-refractivity contribution is 0.307. The van der Waals surface area contributed by atoms with Crippen LogP contribution in [0.15, 0.2) is 48.5 Å². The normalized spacial score (nSPS) is 10.7. The molecule has 3 aromatic rings. The van der Waals surface area contributed by atoms with Gasteiger partial charge in [-0.25, -0.2) is 0 Å². The van der Waals surface area contributed by atoms with Crippen molar-refractivity contribution in [3.05, 3.63) is 53.4 Å². The van der Waals surface area contributed by atoms with E-state index in [-0.39, 0.29) is 0 Å². The summed E-state index contributed by atoms with van der Waals surface area (Å²) in [6.45, 7) is 0.507. The Morgan fingerprint density at radius 3 is 2.75 bits per heavy atom. The zero-order chi connectivity index (χ0) is 13.9. The van der Waals surface area contributed by atoms with E-state index in [9.17, 15) is 5.11 Å². The molecule has 1 N–H and O–H groups in total. The van der Waals surface area contributed by atoms with Crippen LogP contribution in [0.25, 0.3) is 10.1 Å². The molecular formula is C16H14O3S. The van der Waals surface area contributed by atoms with Gasteiger partial charge in [-0.3, -0.25) is 0 Å². The van der Waals surface area contributed by atoms with Crippen LogP contribution >= 0.6 is 11.3 Å². The van der Waals surface area contributed by atoms with Crippen LogP contribution in [0, 0.1) is 0 Å². The smallest absolute Gasteiger partial charge is 0.123 e. The van der Waals surface area contributed by atoms with Gasteiger partial charge in [-0.15, -0.1) is 11.3 Å². The quantitative estimate of drug-likeness (QED) is 0.781. The van der Waals surface area contributed by atoms with E-state index in [0.29, 0.717) is 12.4 Å². The van der Waals surface area contributed by atoms with Gasteiger partial charge in [0.05, 0.1) is 7.11 Å². The monoisotopic (exact) mass is 286 g/mol. The summed E-state index contributed by atoms with van der Waals surface area (Å²) < 4.78 is 12.0. The maximum Gasteiger partial charge on any atom is 0.123 e. The van der Waals surface area contributed by atoms with E-state index < -0.39 is 0 Å². The van der Waals surface area contributed by atoms with Crippen LogP contribution in [0.2, 0.25) is 0 Å². The molecule has 0 amide bonds. The van der Waals surface area contributed by atoms with Gasteiger partial charge in [0.2, 0.25) is 0 Å². The highest BCUT2D eigenvalue weighted by Gasteiger charge is 2.04. The molecule has 0 bridgehead atoms. The number of methoxy groups -OCH3 is 1. The average Bonchev–Trinajstić information content (AvgIpc) is 2.87. The van der Waals surface area contributed by atoms with Crippen LogP contribution < -0.4 is 9.47 Å². The van der Waals surface area contributed by atoms with Gasteiger partial charge in [0.1, 0.15) is 23.9 Å². The molecule has 0 fully saturated rings. The molecule has 0 aliphatic heterocycles. The molecule has 3 nitrogen and oxygen atoms in total. The van der Waals surface area contributed by atoms with E-state index in [1.807, 2.05) is 30.3 Å². The fourth-order valence-electron chi connectivity index (χ4n) is 1.99. The van der Waals surface area contributed by atoms with Gasteiger partial charge in [0, 0.05) is 15.6 Å². The Labute approximate surface area is 121 Å². The van der Waals surface area contributed by atoms with Crippen molar-refractivity contribution < 1.29 is 14.6 Å². The number of rotatable bonds is 4. The Kier molecular flexibility index (Phi) is 3.48. The molecule has 0 aliphatic rings. The summed E-state index contributed by atoms with van der Waals surface area (Å²) in [5, 5.41) is 10.6. The first-order chi connectivity index (χ1) is 9.74. The van der Waals surface area contributed by atoms with Gasteiger partial charge < -0.3 is 14.6 Å². The van der Waals surface area contributed by atoms with Gasteiger partial charge in [-0.2, -0.15) is 0 Å². The Balaban J connectivity index is 1.76. The molecule has 4 heteroatoms. The Morgan fingerprint density at radius 1 is 1.05 bits per heavy atom. The van der Waals surface area contributed by atoms with Crippen LogP contribution in [0.3, 0.4) is 0 Å². The maximum atomic E-state index is 9.47. The Morgan fingerprint density at radius 2 is 1.90 bits per heavy atom. The summed E-state index contributed by atoms with van der Waals surface area (Å²) in [6, 6.07) is 15.0. The summed E-state index contributed by atoms with van der Waals surface area (Å²) in [6.07, 6.45) is 0. The largest absolute Gasteiger partial charge is 0.508 e. The molecule has 3 rings (SSSR count). The molecule has 0 saturated carbocycles. The lowest BCUT2D eigenvalue weighted by atomic mass is 10.2. The molecule has 0 unspecified atom stereocenters. The molecule has 102 valence electrons. The first-order valence-electron chi connectivity index (χ1n) is 6.23. The lowest BCUT2D eigenvalue weighted by Crippen LogP contribution is -1.93. The van der Waals surface area contributed by atoms with Crippen molar-refractivity contribution in [3.8, 4) is 17.2 Å². The second-order valence-electron chi connectivity index (χ2n) is 4.40. The number of hydrogen-bond acceptors (Lipinski definition) is 4. The maximum absolute atomic E-state index is 9.47. The summed E-state index contributed by atoms with van der Waals surface area (Å²) in [7, 11) is 1.64. The van der Waals surface area contributed by atoms with Crippen molar-refractivity contribution >= 4 is 21.4 Å². The topological polar surface area (TPSA) is 38.7 Å². The van der Waals surface area contributed by atoms with Crippen molar-refractivity contribution in [1.29, 1.82) is 0 Å². The minimum Gasteiger partial charge on any atom is -0.508 e. The first kappa shape index (κ1) is 12.8. The fourth-order valence-corrected chi connectivity index (χ4v) is 3.00. The summed E-state index contributed by atoms with van der Waals surface area (Å²) in [5.74, 6) is 1.85. The molecular weight excluding hydrogens is 272 g/mol. The summed E-state index contributed by atoms with van der Waals surface area (Å²) in [5.41, 5.74) is 0. The molecule has 0 aliphatic carbocycles. The van der Waals surface area contributed by atoms with Crippen LogP contribution in [0.1, 0.15) is 4.88 Å². The van der Waals surface area contributed by atoms with Crippen LogP contribution in [0.4, 0.5) is 0 Å². The van der Waals surface area contributed by atoms with Crippen LogP contribution in [0.5, 0.6) is 17.2 Å². The van der Waals surface area contributed by atoms with Crippen molar-refractivity contribution in [1.82, 2.24) is 0 Å². The zero-order valence-electron chi connectivity index (χ0n) is 11.0. The first-order valence-corrected chi connectivity index (χ1v) is 7.04. The van der Waals surface area contributed by atoms with Crippen molar-refractivity contribution in [2.24, 2.45) is 0 Å². The fraction of sp³-hybridized carbons (Fsp3) is 0.125. The standard InChI is InChI=1S/C16H14O3S/c1-18-13-3-2-4-14(9-13)19-10-15-7-11-5-6-12(17)8-16(11)20-15/h2-9,17H,10H2,1H3. The van der Waals surface area contributed by atoms with E-state index in [1.165, 1.54) is 0 Å². The number of benzene rings is 2. The molecule has 1 heterocycles. The number of hydrogen-bond donors (Lipinski definition) is 1. The van der Waals surface area contributed by atoms with E-state index in [1.54, 1.807) is 30.6 Å². The molecule has 0 radical (unpaired) electrons. The molecule has 1 aromatic heterocycles. The average molecular weight is 286 g/mol. The van der Waals surface area contributed by atoms with Gasteiger partial charge in [0.25, 0.3) is 0 Å². The zero-order valence-corrected chi connectivity index (χ0v) is 11.8. The molecule has 20 heavy (non-hydrogen) atoms. The summed E-state index contributed by atoms with van der Waals surface area (Å²) in [4.78, 5) is 1.12. The molecule has 0 atom stereocenters. The van der Waals surface area contributed by atoms with Gasteiger partial charge in [-0.1, -0.05) is 6.07 Å². The second-order valence-corrected chi connectivity index (χ2v) is 5.57. The van der Waals surface area contributed by atoms with E-state index in [2.05, 4.69) is 6.07 Å². The Bertz CT molecular complexity index is 733. The van der Waals surface area contributed by atoms with Crippen molar-refractivity contribution in [3.63, 3.8) is 0 Å². The number of phenols is 1. The highest BCUT2D eigenvalue weighted by molar-refractivity contribution is 7.19. The third kappa shape index (κ3) is 2.70. The second kappa shape index (κ2) is 5.43. The van der Waals surface area contributed by atoms with Gasteiger partial charge in [0.15, 0.2) is 0 Å². The minimum atomic E-state index is 0.291. The summed E-state index contributed by atoms with van der Waals surface area (Å²) >= 11 is 1.62. The predicted molar refractivity (Wildman–Crippen MR) is 80.8 cm³/mol. The number of phenolic OH excluding ortho intramolecular Hbond substituents is 1. The van der Waals surface area contributed by atoms with Crippen LogP contribution in [-0.4, -0.2) is 12.2 Å². The van der Waals surface area contributed by atoms with E-state index in [0.717, 1.165) is 26.5 Å². The van der Waals surface area contributed by atoms with E-state index >= 15 is 0 Å².